The minimum absolute atomic E-state index is 0.969. The second-order valence-electron chi connectivity index (χ2n) is 7.02. The third kappa shape index (κ3) is 2.84. The molecule has 26 heavy (non-hydrogen) atoms. The van der Waals surface area contributed by atoms with E-state index < -0.39 is 6.48 Å². The molecular formula is C23H24BNO. The van der Waals surface area contributed by atoms with Gasteiger partial charge in [-0.15, -0.1) is 0 Å². The second-order valence-corrected chi connectivity index (χ2v) is 7.02. The van der Waals surface area contributed by atoms with Gasteiger partial charge in [0, 0.05) is 23.3 Å². The van der Waals surface area contributed by atoms with Crippen molar-refractivity contribution in [3.05, 3.63) is 90.3 Å². The van der Waals surface area contributed by atoms with Crippen molar-refractivity contribution in [3.8, 4) is 11.1 Å². The first-order valence-electron chi connectivity index (χ1n) is 9.51. The summed E-state index contributed by atoms with van der Waals surface area (Å²) in [5.74, 6) is 0.974. The summed E-state index contributed by atoms with van der Waals surface area (Å²) in [5.41, 5.74) is 4.80. The molecule has 3 aromatic rings. The highest BCUT2D eigenvalue weighted by atomic mass is 16.5. The van der Waals surface area contributed by atoms with Crippen molar-refractivity contribution in [2.24, 2.45) is 0 Å². The lowest BCUT2D eigenvalue weighted by Crippen LogP contribution is -2.68. The zero-order valence-electron chi connectivity index (χ0n) is 15.4. The first kappa shape index (κ1) is 16.7. The second kappa shape index (κ2) is 6.83. The van der Waals surface area contributed by atoms with Crippen LogP contribution in [0.5, 0.6) is 0 Å². The largest absolute Gasteiger partial charge is 0.658 e. The summed E-state index contributed by atoms with van der Waals surface area (Å²) in [7, 11) is 0. The Morgan fingerprint density at radius 3 is 1.96 bits per heavy atom. The van der Waals surface area contributed by atoms with E-state index in [1.165, 1.54) is 16.8 Å². The summed E-state index contributed by atoms with van der Waals surface area (Å²) in [6.07, 6.45) is 6.36. The van der Waals surface area contributed by atoms with Crippen LogP contribution in [0.15, 0.2) is 79.0 Å². The summed E-state index contributed by atoms with van der Waals surface area (Å²) in [4.78, 5) is 0. The molecule has 2 heterocycles. The van der Waals surface area contributed by atoms with Crippen molar-refractivity contribution in [1.82, 2.24) is 0 Å². The third-order valence-corrected chi connectivity index (χ3v) is 5.58. The first-order valence-corrected chi connectivity index (χ1v) is 9.51. The van der Waals surface area contributed by atoms with Crippen LogP contribution in [-0.4, -0.2) is 6.48 Å². The fourth-order valence-electron chi connectivity index (χ4n) is 3.92. The molecule has 0 atom stereocenters. The molecule has 2 aromatic carbocycles. The molecule has 4 rings (SSSR count). The van der Waals surface area contributed by atoms with Gasteiger partial charge in [0.25, 0.3) is 0 Å². The first-order chi connectivity index (χ1) is 12.8. The molecule has 0 saturated carbocycles. The third-order valence-electron chi connectivity index (χ3n) is 5.58. The van der Waals surface area contributed by atoms with E-state index in [1.54, 1.807) is 0 Å². The molecule has 130 valence electrons. The minimum atomic E-state index is -1.15. The van der Waals surface area contributed by atoms with Crippen LogP contribution < -0.4 is 4.48 Å². The van der Waals surface area contributed by atoms with Crippen LogP contribution in [0.2, 0.25) is 12.6 Å². The maximum absolute atomic E-state index is 6.66. The van der Waals surface area contributed by atoms with Crippen molar-refractivity contribution >= 4 is 18.3 Å². The number of hydrogen-bond donors (Lipinski definition) is 0. The van der Waals surface area contributed by atoms with E-state index in [4.69, 9.17) is 4.65 Å². The van der Waals surface area contributed by atoms with Gasteiger partial charge in [-0.05, 0) is 11.6 Å². The normalized spacial score (nSPS) is 14.9. The summed E-state index contributed by atoms with van der Waals surface area (Å²) in [6.45, 7) is 3.30. The van der Waals surface area contributed by atoms with Gasteiger partial charge in [0.15, 0.2) is 5.69 Å². The van der Waals surface area contributed by atoms with Crippen LogP contribution in [0.25, 0.3) is 23.0 Å². The predicted octanol–water partition coefficient (Wildman–Crippen LogP) is 5.50. The Labute approximate surface area is 155 Å². The van der Waals surface area contributed by atoms with Gasteiger partial charge in [-0.3, -0.25) is 0 Å². The highest BCUT2D eigenvalue weighted by molar-refractivity contribution is 6.66. The maximum Gasteiger partial charge on any atom is 0.455 e. The van der Waals surface area contributed by atoms with Gasteiger partial charge in [-0.1, -0.05) is 87.2 Å². The monoisotopic (exact) mass is 341 g/mol. The zero-order chi connectivity index (χ0) is 18.0. The SMILES string of the molecule is CC[B-]1(CC)OC(c2ccccc2)=Cc2ccc(-c3ccccc3)c[n+]21. The number of nitrogens with zero attached hydrogens (tertiary/aromatic N) is 1. The molecule has 2 nitrogen and oxygen atoms in total. The van der Waals surface area contributed by atoms with E-state index >= 15 is 0 Å². The molecular weight excluding hydrogens is 317 g/mol. The van der Waals surface area contributed by atoms with Gasteiger partial charge in [0.05, 0.1) is 5.76 Å². The summed E-state index contributed by atoms with van der Waals surface area (Å²) in [5, 5.41) is 0. The number of benzene rings is 2. The van der Waals surface area contributed by atoms with Crippen molar-refractivity contribution in [2.75, 3.05) is 0 Å². The Bertz CT molecular complexity index is 931. The van der Waals surface area contributed by atoms with E-state index in [0.29, 0.717) is 0 Å². The van der Waals surface area contributed by atoms with Crippen LogP contribution in [0.3, 0.4) is 0 Å². The zero-order valence-corrected chi connectivity index (χ0v) is 15.4. The molecule has 0 fully saturated rings. The van der Waals surface area contributed by atoms with E-state index in [1.807, 2.05) is 6.07 Å². The molecule has 0 N–H and O–H groups in total. The number of hydrogen-bond acceptors (Lipinski definition) is 1. The van der Waals surface area contributed by atoms with E-state index in [2.05, 4.69) is 97.3 Å². The summed E-state index contributed by atoms with van der Waals surface area (Å²) >= 11 is 0. The fourth-order valence-corrected chi connectivity index (χ4v) is 3.92. The lowest BCUT2D eigenvalue weighted by molar-refractivity contribution is -0.564. The molecule has 0 radical (unpaired) electrons. The molecule has 3 heteroatoms. The van der Waals surface area contributed by atoms with E-state index in [9.17, 15) is 0 Å². The summed E-state index contributed by atoms with van der Waals surface area (Å²) in [6, 6.07) is 25.4. The molecule has 1 aromatic heterocycles. The van der Waals surface area contributed by atoms with Gasteiger partial charge in [0.2, 0.25) is 0 Å². The minimum Gasteiger partial charge on any atom is -0.658 e. The number of pyridine rings is 1. The number of fused-ring (bicyclic) bond motifs is 1. The Kier molecular flexibility index (Phi) is 4.38. The van der Waals surface area contributed by atoms with E-state index in [0.717, 1.165) is 24.0 Å². The highest BCUT2D eigenvalue weighted by Gasteiger charge is 2.41. The van der Waals surface area contributed by atoms with E-state index in [-0.39, 0.29) is 0 Å². The van der Waals surface area contributed by atoms with Crippen molar-refractivity contribution in [3.63, 3.8) is 0 Å². The smallest absolute Gasteiger partial charge is 0.455 e. The fraction of sp³-hybridized carbons (Fsp3) is 0.174. The van der Waals surface area contributed by atoms with Gasteiger partial charge in [-0.2, -0.15) is 0 Å². The molecule has 0 bridgehead atoms. The quantitative estimate of drug-likeness (QED) is 0.571. The average Bonchev–Trinajstić information content (AvgIpc) is 2.74. The van der Waals surface area contributed by atoms with Crippen LogP contribution in [0.4, 0.5) is 0 Å². The van der Waals surface area contributed by atoms with Crippen molar-refractivity contribution in [1.29, 1.82) is 0 Å². The van der Waals surface area contributed by atoms with Gasteiger partial charge in [0.1, 0.15) is 6.20 Å². The average molecular weight is 341 g/mol. The molecule has 1 aliphatic heterocycles. The molecule has 0 unspecified atom stereocenters. The van der Waals surface area contributed by atoms with Crippen molar-refractivity contribution in [2.45, 2.75) is 26.5 Å². The standard InChI is InChI=1S/C23H24BNO/c1-3-24(4-2)25-18-21(19-11-7-5-8-12-19)15-16-22(25)17-23(26-24)20-13-9-6-10-14-20/h5-18H,3-4H2,1-2H3. The highest BCUT2D eigenvalue weighted by Crippen LogP contribution is 2.31. The Hall–Kier alpha value is -2.81. The number of aromatic nitrogens is 1. The Morgan fingerprint density at radius 2 is 1.35 bits per heavy atom. The van der Waals surface area contributed by atoms with Crippen LogP contribution in [0, 0.1) is 0 Å². The maximum atomic E-state index is 6.66. The Balaban J connectivity index is 1.87. The lowest BCUT2D eigenvalue weighted by atomic mass is 9.46. The molecule has 0 aliphatic carbocycles. The topological polar surface area (TPSA) is 13.1 Å². The molecule has 0 spiro atoms. The summed E-state index contributed by atoms with van der Waals surface area (Å²) < 4.78 is 9.03. The van der Waals surface area contributed by atoms with Gasteiger partial charge < -0.3 is 9.13 Å². The number of rotatable bonds is 4. The van der Waals surface area contributed by atoms with Crippen LogP contribution >= 0.6 is 0 Å². The Morgan fingerprint density at radius 1 is 0.731 bits per heavy atom. The van der Waals surface area contributed by atoms with Gasteiger partial charge >= 0.3 is 6.48 Å². The lowest BCUT2D eigenvalue weighted by Gasteiger charge is -2.39. The van der Waals surface area contributed by atoms with Gasteiger partial charge in [-0.25, -0.2) is 0 Å². The van der Waals surface area contributed by atoms with Crippen molar-refractivity contribution < 1.29 is 9.13 Å². The predicted molar refractivity (Wildman–Crippen MR) is 110 cm³/mol. The molecule has 1 aliphatic rings. The van der Waals surface area contributed by atoms with Crippen LogP contribution in [0.1, 0.15) is 25.1 Å². The van der Waals surface area contributed by atoms with Crippen LogP contribution in [-0.2, 0) is 4.65 Å². The molecule has 0 amide bonds. The molecule has 0 saturated heterocycles.